The van der Waals surface area contributed by atoms with Gasteiger partial charge in [-0.05, 0) is 74.0 Å². The molecule has 1 heterocycles. The minimum absolute atomic E-state index is 0.331. The van der Waals surface area contributed by atoms with E-state index in [0.717, 1.165) is 24.8 Å². The van der Waals surface area contributed by atoms with Crippen LogP contribution in [0.25, 0.3) is 0 Å². The Labute approximate surface area is 152 Å². The van der Waals surface area contributed by atoms with E-state index >= 15 is 0 Å². The van der Waals surface area contributed by atoms with Gasteiger partial charge in [0, 0.05) is 38.8 Å². The van der Waals surface area contributed by atoms with Crippen molar-refractivity contribution in [3.05, 3.63) is 29.8 Å². The summed E-state index contributed by atoms with van der Waals surface area (Å²) in [5.74, 6) is 2.76. The lowest BCUT2D eigenvalue weighted by molar-refractivity contribution is -0.131. The first-order valence-electron chi connectivity index (χ1n) is 10.3. The minimum atomic E-state index is 0.331. The van der Waals surface area contributed by atoms with E-state index in [0.29, 0.717) is 11.8 Å². The molecule has 4 rings (SSSR count). The number of fused-ring (bicyclic) bond motifs is 2. The summed E-state index contributed by atoms with van der Waals surface area (Å²) in [6.45, 7) is 3.10. The lowest BCUT2D eigenvalue weighted by Gasteiger charge is -2.29. The largest absolute Gasteiger partial charge is 0.372 e. The molecule has 3 fully saturated rings. The van der Waals surface area contributed by atoms with E-state index in [4.69, 9.17) is 0 Å². The number of amides is 1. The second-order valence-corrected chi connectivity index (χ2v) is 8.60. The van der Waals surface area contributed by atoms with E-state index in [1.807, 2.05) is 11.9 Å². The predicted octanol–water partition coefficient (Wildman–Crippen LogP) is 4.46. The molecule has 25 heavy (non-hydrogen) atoms. The number of carbonyl (C=O) groups excluding carboxylic acids is 1. The lowest BCUT2D eigenvalue weighted by atomic mass is 9.86. The molecule has 1 aromatic rings. The highest BCUT2D eigenvalue weighted by Gasteiger charge is 2.40. The van der Waals surface area contributed by atoms with Gasteiger partial charge in [-0.25, -0.2) is 0 Å². The Kier molecular flexibility index (Phi) is 5.00. The van der Waals surface area contributed by atoms with E-state index in [1.54, 1.807) is 0 Å². The zero-order valence-electron chi connectivity index (χ0n) is 15.6. The van der Waals surface area contributed by atoms with Crippen LogP contribution in [-0.4, -0.2) is 30.9 Å². The molecule has 0 spiro atoms. The molecule has 3 heteroatoms. The summed E-state index contributed by atoms with van der Waals surface area (Å²) < 4.78 is 0. The highest BCUT2D eigenvalue weighted by atomic mass is 16.2. The van der Waals surface area contributed by atoms with E-state index < -0.39 is 0 Å². The van der Waals surface area contributed by atoms with Crippen LogP contribution in [0.2, 0.25) is 0 Å². The number of rotatable bonds is 5. The van der Waals surface area contributed by atoms with Gasteiger partial charge in [-0.2, -0.15) is 0 Å². The van der Waals surface area contributed by atoms with Crippen molar-refractivity contribution in [2.45, 2.75) is 57.9 Å². The molecule has 2 aliphatic carbocycles. The Balaban J connectivity index is 1.29. The Hall–Kier alpha value is -1.51. The van der Waals surface area contributed by atoms with Crippen LogP contribution < -0.4 is 4.90 Å². The molecule has 3 unspecified atom stereocenters. The molecule has 2 bridgehead atoms. The number of benzene rings is 1. The molecule has 1 saturated heterocycles. The topological polar surface area (TPSA) is 23.6 Å². The van der Waals surface area contributed by atoms with Crippen molar-refractivity contribution in [2.75, 3.05) is 25.0 Å². The van der Waals surface area contributed by atoms with E-state index in [2.05, 4.69) is 29.2 Å². The van der Waals surface area contributed by atoms with Crippen LogP contribution in [0.15, 0.2) is 24.3 Å². The van der Waals surface area contributed by atoms with Crippen LogP contribution in [0.5, 0.6) is 0 Å². The Bertz CT molecular complexity index is 591. The number of nitrogens with zero attached hydrogens (tertiary/aromatic N) is 2. The van der Waals surface area contributed by atoms with E-state index in [9.17, 15) is 4.79 Å². The zero-order valence-corrected chi connectivity index (χ0v) is 15.6. The van der Waals surface area contributed by atoms with Crippen molar-refractivity contribution >= 4 is 11.6 Å². The van der Waals surface area contributed by atoms with Gasteiger partial charge in [-0.3, -0.25) is 4.79 Å². The lowest BCUT2D eigenvalue weighted by Crippen LogP contribution is -2.30. The van der Waals surface area contributed by atoms with Crippen LogP contribution in [-0.2, 0) is 11.3 Å². The van der Waals surface area contributed by atoms with Crippen LogP contribution in [0.1, 0.15) is 56.9 Å². The van der Waals surface area contributed by atoms with Crippen molar-refractivity contribution in [3.63, 3.8) is 0 Å². The number of carbonyl (C=O) groups is 1. The van der Waals surface area contributed by atoms with Gasteiger partial charge >= 0.3 is 0 Å². The third kappa shape index (κ3) is 3.86. The third-order valence-electron chi connectivity index (χ3n) is 6.82. The summed E-state index contributed by atoms with van der Waals surface area (Å²) in [6.07, 6.45) is 10.2. The molecule has 3 atom stereocenters. The Morgan fingerprint density at radius 2 is 1.84 bits per heavy atom. The maximum atomic E-state index is 12.6. The molecule has 136 valence electrons. The molecule has 3 aliphatic rings. The zero-order chi connectivity index (χ0) is 17.2. The third-order valence-corrected chi connectivity index (χ3v) is 6.82. The smallest absolute Gasteiger partial charge is 0.222 e. The van der Waals surface area contributed by atoms with Gasteiger partial charge in [0.15, 0.2) is 0 Å². The molecule has 0 radical (unpaired) electrons. The van der Waals surface area contributed by atoms with Crippen LogP contribution >= 0.6 is 0 Å². The number of anilines is 1. The average molecular weight is 341 g/mol. The van der Waals surface area contributed by atoms with Gasteiger partial charge in [-0.15, -0.1) is 0 Å². The summed E-state index contributed by atoms with van der Waals surface area (Å²) in [6, 6.07) is 8.86. The normalized spacial score (nSPS) is 28.4. The molecule has 2 saturated carbocycles. The number of hydrogen-bond acceptors (Lipinski definition) is 2. The standard InChI is InChI=1S/C22H32N2O/c1-23(22(25)15-20-14-18-5-8-19(20)13-18)16-17-6-9-21(10-7-17)24-11-3-2-4-12-24/h6-7,9-10,18-20H,2-5,8,11-16H2,1H3. The Morgan fingerprint density at radius 3 is 2.48 bits per heavy atom. The van der Waals surface area contributed by atoms with Crippen molar-refractivity contribution in [1.29, 1.82) is 0 Å². The molecular formula is C22H32N2O. The van der Waals surface area contributed by atoms with Crippen molar-refractivity contribution in [3.8, 4) is 0 Å². The molecule has 3 nitrogen and oxygen atoms in total. The van der Waals surface area contributed by atoms with Crippen LogP contribution in [0.4, 0.5) is 5.69 Å². The predicted molar refractivity (Wildman–Crippen MR) is 103 cm³/mol. The minimum Gasteiger partial charge on any atom is -0.372 e. The fourth-order valence-corrected chi connectivity index (χ4v) is 5.33. The summed E-state index contributed by atoms with van der Waals surface area (Å²) in [4.78, 5) is 17.0. The molecule has 0 aromatic heterocycles. The van der Waals surface area contributed by atoms with Crippen LogP contribution in [0.3, 0.4) is 0 Å². The van der Waals surface area contributed by atoms with E-state index in [1.165, 1.54) is 69.3 Å². The summed E-state index contributed by atoms with van der Waals surface area (Å²) >= 11 is 0. The highest BCUT2D eigenvalue weighted by molar-refractivity contribution is 5.76. The maximum absolute atomic E-state index is 12.6. The first-order valence-corrected chi connectivity index (χ1v) is 10.3. The molecule has 1 aliphatic heterocycles. The molecular weight excluding hydrogens is 308 g/mol. The SMILES string of the molecule is CN(Cc1ccc(N2CCCCC2)cc1)C(=O)CC1CC2CCC1C2. The first-order chi connectivity index (χ1) is 12.2. The quantitative estimate of drug-likeness (QED) is 0.790. The van der Waals surface area contributed by atoms with E-state index in [-0.39, 0.29) is 0 Å². The summed E-state index contributed by atoms with van der Waals surface area (Å²) in [5.41, 5.74) is 2.57. The molecule has 1 amide bonds. The van der Waals surface area contributed by atoms with Crippen molar-refractivity contribution < 1.29 is 4.79 Å². The molecule has 1 aromatic carbocycles. The van der Waals surface area contributed by atoms with Gasteiger partial charge < -0.3 is 9.80 Å². The van der Waals surface area contributed by atoms with Crippen molar-refractivity contribution in [1.82, 2.24) is 4.90 Å². The van der Waals surface area contributed by atoms with Crippen molar-refractivity contribution in [2.24, 2.45) is 17.8 Å². The second-order valence-electron chi connectivity index (χ2n) is 8.60. The fourth-order valence-electron chi connectivity index (χ4n) is 5.33. The second kappa shape index (κ2) is 7.39. The molecule has 0 N–H and O–H groups in total. The Morgan fingerprint density at radius 1 is 1.08 bits per heavy atom. The maximum Gasteiger partial charge on any atom is 0.222 e. The highest BCUT2D eigenvalue weighted by Crippen LogP contribution is 2.49. The van der Waals surface area contributed by atoms with Gasteiger partial charge in [-0.1, -0.05) is 18.6 Å². The number of hydrogen-bond donors (Lipinski definition) is 0. The summed E-state index contributed by atoms with van der Waals surface area (Å²) in [7, 11) is 1.97. The van der Waals surface area contributed by atoms with Crippen LogP contribution in [0, 0.1) is 17.8 Å². The monoisotopic (exact) mass is 340 g/mol. The average Bonchev–Trinajstić information content (AvgIpc) is 3.26. The van der Waals surface area contributed by atoms with Gasteiger partial charge in [0.2, 0.25) is 5.91 Å². The fraction of sp³-hybridized carbons (Fsp3) is 0.682. The number of piperidine rings is 1. The van der Waals surface area contributed by atoms with Gasteiger partial charge in [0.25, 0.3) is 0 Å². The van der Waals surface area contributed by atoms with Gasteiger partial charge in [0.1, 0.15) is 0 Å². The first kappa shape index (κ1) is 16.9. The summed E-state index contributed by atoms with van der Waals surface area (Å²) in [5, 5.41) is 0. The van der Waals surface area contributed by atoms with Gasteiger partial charge in [0.05, 0.1) is 0 Å².